The largest absolute Gasteiger partial charge is 0.491 e. The van der Waals surface area contributed by atoms with Gasteiger partial charge in [0.15, 0.2) is 0 Å². The van der Waals surface area contributed by atoms with Gasteiger partial charge in [-0.3, -0.25) is 4.79 Å². The first-order valence-corrected chi connectivity index (χ1v) is 8.63. The van der Waals surface area contributed by atoms with Gasteiger partial charge in [0, 0.05) is 13.0 Å². The molecule has 1 aromatic carbocycles. The predicted octanol–water partition coefficient (Wildman–Crippen LogP) is 4.17. The fourth-order valence-electron chi connectivity index (χ4n) is 1.82. The van der Waals surface area contributed by atoms with Gasteiger partial charge < -0.3 is 15.2 Å². The van der Waals surface area contributed by atoms with Gasteiger partial charge in [-0.05, 0) is 75.7 Å². The molecule has 0 saturated carbocycles. The quantitative estimate of drug-likeness (QED) is 0.479. The van der Waals surface area contributed by atoms with Crippen LogP contribution in [0.5, 0.6) is 5.75 Å². The Morgan fingerprint density at radius 3 is 2.43 bits per heavy atom. The summed E-state index contributed by atoms with van der Waals surface area (Å²) >= 11 is 6.97. The molecule has 21 heavy (non-hydrogen) atoms. The third kappa shape index (κ3) is 6.80. The highest BCUT2D eigenvalue weighted by molar-refractivity contribution is 9.11. The summed E-state index contributed by atoms with van der Waals surface area (Å²) in [6.45, 7) is 3.37. The van der Waals surface area contributed by atoms with Crippen molar-refractivity contribution >= 4 is 37.8 Å². The van der Waals surface area contributed by atoms with Crippen molar-refractivity contribution in [2.24, 2.45) is 5.73 Å². The van der Waals surface area contributed by atoms with Gasteiger partial charge >= 0.3 is 5.97 Å². The van der Waals surface area contributed by atoms with E-state index in [1.54, 1.807) is 0 Å². The molecule has 0 bridgehead atoms. The number of nitrogens with two attached hydrogens (primary N) is 1. The number of carbonyl (C=O) groups excluding carboxylic acids is 1. The van der Waals surface area contributed by atoms with E-state index < -0.39 is 0 Å². The molecular formula is C15H21Br2NO3. The van der Waals surface area contributed by atoms with Gasteiger partial charge in [-0.15, -0.1) is 0 Å². The Morgan fingerprint density at radius 2 is 1.86 bits per heavy atom. The molecule has 1 rings (SSSR count). The van der Waals surface area contributed by atoms with E-state index >= 15 is 0 Å². The summed E-state index contributed by atoms with van der Waals surface area (Å²) in [5, 5.41) is 0. The van der Waals surface area contributed by atoms with Gasteiger partial charge in [0.1, 0.15) is 5.75 Å². The highest BCUT2D eigenvalue weighted by atomic mass is 79.9. The molecule has 0 spiro atoms. The monoisotopic (exact) mass is 421 g/mol. The fraction of sp³-hybridized carbons (Fsp3) is 0.533. The summed E-state index contributed by atoms with van der Waals surface area (Å²) < 4.78 is 12.4. The Balaban J connectivity index is 2.29. The smallest absolute Gasteiger partial charge is 0.305 e. The van der Waals surface area contributed by atoms with E-state index in [9.17, 15) is 4.79 Å². The molecule has 118 valence electrons. The van der Waals surface area contributed by atoms with Crippen LogP contribution in [0.25, 0.3) is 0 Å². The van der Waals surface area contributed by atoms with Gasteiger partial charge in [0.2, 0.25) is 0 Å². The third-order valence-corrected chi connectivity index (χ3v) is 4.05. The number of halogens is 2. The third-order valence-electron chi connectivity index (χ3n) is 2.87. The molecule has 6 heteroatoms. The van der Waals surface area contributed by atoms with E-state index in [1.807, 2.05) is 19.1 Å². The van der Waals surface area contributed by atoms with Crippen molar-refractivity contribution in [3.63, 3.8) is 0 Å². The first-order chi connectivity index (χ1) is 10.1. The Bertz CT molecular complexity index is 443. The number of rotatable bonds is 9. The number of unbranched alkanes of at least 4 members (excludes halogenated alkanes) is 2. The Kier molecular flexibility index (Phi) is 8.96. The maximum atomic E-state index is 11.2. The van der Waals surface area contributed by atoms with Crippen molar-refractivity contribution < 1.29 is 14.3 Å². The van der Waals surface area contributed by atoms with Crippen LogP contribution in [-0.2, 0) is 16.1 Å². The van der Waals surface area contributed by atoms with Crippen molar-refractivity contribution in [3.05, 3.63) is 26.6 Å². The highest BCUT2D eigenvalue weighted by Crippen LogP contribution is 2.34. The van der Waals surface area contributed by atoms with Crippen LogP contribution >= 0.6 is 31.9 Å². The van der Waals surface area contributed by atoms with E-state index in [0.717, 1.165) is 39.5 Å². The summed E-state index contributed by atoms with van der Waals surface area (Å²) in [6.07, 6.45) is 3.15. The second-order valence-corrected chi connectivity index (χ2v) is 6.27. The SMILES string of the molecule is CCOC(=O)CCCCCOc1c(Br)cc(CN)cc1Br. The zero-order valence-corrected chi connectivity index (χ0v) is 15.3. The van der Waals surface area contributed by atoms with Gasteiger partial charge in [-0.1, -0.05) is 0 Å². The van der Waals surface area contributed by atoms with Gasteiger partial charge in [-0.25, -0.2) is 0 Å². The van der Waals surface area contributed by atoms with Crippen molar-refractivity contribution in [1.29, 1.82) is 0 Å². The average Bonchev–Trinajstić information content (AvgIpc) is 2.44. The fourth-order valence-corrected chi connectivity index (χ4v) is 3.33. The molecule has 0 aliphatic carbocycles. The van der Waals surface area contributed by atoms with Crippen LogP contribution in [0.15, 0.2) is 21.1 Å². The second-order valence-electron chi connectivity index (χ2n) is 4.56. The molecule has 2 N–H and O–H groups in total. The molecule has 0 saturated heterocycles. The first-order valence-electron chi connectivity index (χ1n) is 7.04. The summed E-state index contributed by atoms with van der Waals surface area (Å²) in [5.41, 5.74) is 6.66. The summed E-state index contributed by atoms with van der Waals surface area (Å²) in [4.78, 5) is 11.2. The number of ether oxygens (including phenoxy) is 2. The molecule has 0 aromatic heterocycles. The van der Waals surface area contributed by atoms with Gasteiger partial charge in [0.05, 0.1) is 22.2 Å². The number of benzene rings is 1. The van der Waals surface area contributed by atoms with Crippen molar-refractivity contribution in [2.75, 3.05) is 13.2 Å². The van der Waals surface area contributed by atoms with Gasteiger partial charge in [0.25, 0.3) is 0 Å². The van der Waals surface area contributed by atoms with E-state index in [2.05, 4.69) is 31.9 Å². The van der Waals surface area contributed by atoms with E-state index in [1.165, 1.54) is 0 Å². The zero-order chi connectivity index (χ0) is 15.7. The molecule has 0 heterocycles. The minimum absolute atomic E-state index is 0.124. The molecule has 0 aliphatic rings. The van der Waals surface area contributed by atoms with Crippen molar-refractivity contribution in [2.45, 2.75) is 39.2 Å². The molecule has 0 radical (unpaired) electrons. The molecule has 0 aliphatic heterocycles. The number of hydrogen-bond acceptors (Lipinski definition) is 4. The van der Waals surface area contributed by atoms with E-state index in [4.69, 9.17) is 15.2 Å². The minimum atomic E-state index is -0.124. The lowest BCUT2D eigenvalue weighted by Crippen LogP contribution is -2.04. The van der Waals surface area contributed by atoms with Crippen LogP contribution in [-0.4, -0.2) is 19.2 Å². The number of hydrogen-bond donors (Lipinski definition) is 1. The molecule has 1 aromatic rings. The molecule has 0 unspecified atom stereocenters. The lowest BCUT2D eigenvalue weighted by Gasteiger charge is -2.11. The minimum Gasteiger partial charge on any atom is -0.491 e. The molecule has 0 atom stereocenters. The maximum absolute atomic E-state index is 11.2. The Morgan fingerprint density at radius 1 is 1.19 bits per heavy atom. The maximum Gasteiger partial charge on any atom is 0.305 e. The Labute approximate surface area is 142 Å². The standard InChI is InChI=1S/C15H21Br2NO3/c1-2-20-14(19)6-4-3-5-7-21-15-12(16)8-11(10-18)9-13(15)17/h8-9H,2-7,10,18H2,1H3. The van der Waals surface area contributed by atoms with Gasteiger partial charge in [-0.2, -0.15) is 0 Å². The first kappa shape index (κ1) is 18.5. The Hall–Kier alpha value is -0.590. The summed E-state index contributed by atoms with van der Waals surface area (Å²) in [7, 11) is 0. The number of carbonyl (C=O) groups is 1. The van der Waals surface area contributed by atoms with Crippen LogP contribution < -0.4 is 10.5 Å². The topological polar surface area (TPSA) is 61.5 Å². The van der Waals surface area contributed by atoms with E-state index in [0.29, 0.717) is 26.2 Å². The lowest BCUT2D eigenvalue weighted by molar-refractivity contribution is -0.143. The molecule has 0 amide bonds. The highest BCUT2D eigenvalue weighted by Gasteiger charge is 2.08. The van der Waals surface area contributed by atoms with Crippen molar-refractivity contribution in [1.82, 2.24) is 0 Å². The normalized spacial score (nSPS) is 10.5. The molecular weight excluding hydrogens is 402 g/mol. The van der Waals surface area contributed by atoms with Crippen LogP contribution in [0.1, 0.15) is 38.2 Å². The van der Waals surface area contributed by atoms with Crippen molar-refractivity contribution in [3.8, 4) is 5.75 Å². The second kappa shape index (κ2) is 10.2. The van der Waals surface area contributed by atoms with Crippen LogP contribution in [0.4, 0.5) is 0 Å². The van der Waals surface area contributed by atoms with Crippen LogP contribution in [0, 0.1) is 0 Å². The number of esters is 1. The lowest BCUT2D eigenvalue weighted by atomic mass is 10.2. The summed E-state index contributed by atoms with van der Waals surface area (Å²) in [6, 6.07) is 3.92. The van der Waals surface area contributed by atoms with E-state index in [-0.39, 0.29) is 5.97 Å². The predicted molar refractivity (Wildman–Crippen MR) is 90.3 cm³/mol. The average molecular weight is 423 g/mol. The molecule has 0 fully saturated rings. The van der Waals surface area contributed by atoms with Crippen LogP contribution in [0.2, 0.25) is 0 Å². The molecule has 4 nitrogen and oxygen atoms in total. The zero-order valence-electron chi connectivity index (χ0n) is 12.2. The summed E-state index contributed by atoms with van der Waals surface area (Å²) in [5.74, 6) is 0.666. The van der Waals surface area contributed by atoms with Crippen LogP contribution in [0.3, 0.4) is 0 Å².